The molecule has 14 aromatic carbocycles. The van der Waals surface area contributed by atoms with Crippen LogP contribution in [0.15, 0.2) is 352 Å². The molecule has 0 fully saturated rings. The van der Waals surface area contributed by atoms with Gasteiger partial charge in [0.15, 0.2) is 11.5 Å². The lowest BCUT2D eigenvalue weighted by Gasteiger charge is -2.30. The van der Waals surface area contributed by atoms with Crippen molar-refractivity contribution in [3.05, 3.63) is 352 Å². The molecule has 0 saturated heterocycles. The van der Waals surface area contributed by atoms with Gasteiger partial charge in [-0.3, -0.25) is 0 Å². The highest BCUT2D eigenvalue weighted by Crippen LogP contribution is 2.49. The van der Waals surface area contributed by atoms with Crippen LogP contribution in [0, 0.1) is 0 Å². The van der Waals surface area contributed by atoms with Gasteiger partial charge in [-0.25, -0.2) is 9.97 Å². The molecule has 17 aromatic rings. The normalized spacial score (nSPS) is 11.3. The van der Waals surface area contributed by atoms with Gasteiger partial charge in [-0.05, 0) is 203 Å². The van der Waals surface area contributed by atoms with Gasteiger partial charge in [-0.1, -0.05) is 170 Å². The number of methoxy groups -OCH3 is 2. The Balaban J connectivity index is 0.801. The first kappa shape index (κ1) is 61.0. The van der Waals surface area contributed by atoms with E-state index >= 15 is 0 Å². The molecule has 0 atom stereocenters. The molecule has 0 radical (unpaired) electrons. The second kappa shape index (κ2) is 26.8. The Morgan fingerprint density at radius 2 is 0.460 bits per heavy atom. The third-order valence-corrected chi connectivity index (χ3v) is 20.7. The Hall–Kier alpha value is -12.6. The number of ether oxygens (including phenoxy) is 2. The molecule has 0 aliphatic carbocycles. The fourth-order valence-corrected chi connectivity index (χ4v) is 15.7. The summed E-state index contributed by atoms with van der Waals surface area (Å²) < 4.78 is 11.8. The minimum atomic E-state index is 0.591. The molecule has 478 valence electrons. The zero-order chi connectivity index (χ0) is 66.9. The topological polar surface area (TPSA) is 57.2 Å². The molecule has 0 bridgehead atoms. The number of para-hydroxylation sites is 8. The monoisotopic (exact) mass is 1320 g/mol. The summed E-state index contributed by atoms with van der Waals surface area (Å²) in [7, 11) is 3.32. The highest BCUT2D eigenvalue weighted by molar-refractivity contribution is 7.19. The zero-order valence-corrected chi connectivity index (χ0v) is 56.4. The van der Waals surface area contributed by atoms with E-state index in [4.69, 9.17) is 19.4 Å². The maximum atomic E-state index is 5.88. The smallest absolute Gasteiger partial charge is 0.163 e. The van der Waals surface area contributed by atoms with Crippen molar-refractivity contribution >= 4 is 135 Å². The minimum Gasteiger partial charge on any atom is -0.493 e. The van der Waals surface area contributed by atoms with Gasteiger partial charge in [-0.2, -0.15) is 0 Å². The fourth-order valence-electron chi connectivity index (χ4n) is 13.7. The van der Waals surface area contributed by atoms with Gasteiger partial charge in [0.1, 0.15) is 0 Å². The van der Waals surface area contributed by atoms with E-state index in [0.29, 0.717) is 22.5 Å². The van der Waals surface area contributed by atoms with Crippen molar-refractivity contribution in [1.82, 2.24) is 9.97 Å². The van der Waals surface area contributed by atoms with Crippen LogP contribution in [-0.2, 0) is 0 Å². The molecule has 17 rings (SSSR count). The Kier molecular flexibility index (Phi) is 16.3. The summed E-state index contributed by atoms with van der Waals surface area (Å²) in [6.07, 6.45) is 0. The van der Waals surface area contributed by atoms with E-state index in [1.165, 1.54) is 0 Å². The number of aromatic nitrogens is 2. The number of anilines is 12. The molecular formula is C90H64N6O2S2. The molecule has 0 spiro atoms. The summed E-state index contributed by atoms with van der Waals surface area (Å²) >= 11 is 3.57. The second-order valence-corrected chi connectivity index (χ2v) is 26.6. The molecule has 8 nitrogen and oxygen atoms in total. The summed E-state index contributed by atoms with van der Waals surface area (Å²) in [6, 6.07) is 126. The van der Waals surface area contributed by atoms with E-state index in [-0.39, 0.29) is 0 Å². The standard InChI is InChI=1S/C90H64N6O2S2/c1-97-83-59-81-82(60-84(83)98-2)92-90-80-56-62(86-48-50-88(100-86)64-53-75(95(69-35-19-7-20-36-69)70-37-21-8-22-38-70)58-76(54-64)96(71-39-23-9-24-40-71)72-41-25-10-26-42-72)44-46-78(80)77-45-43-61(55-79(77)89(90)91-81)85-47-49-87(99-85)63-51-73(93(65-27-11-3-12-28-65)66-29-13-4-14-30-66)57-74(52-63)94(67-31-15-5-16-32-67)68-33-17-6-18-34-68/h3-60H,1-2H3. The average Bonchev–Trinajstić information content (AvgIpc) is 0.906. The van der Waals surface area contributed by atoms with Crippen molar-refractivity contribution in [1.29, 1.82) is 0 Å². The van der Waals surface area contributed by atoms with Crippen molar-refractivity contribution in [3.63, 3.8) is 0 Å². The number of benzene rings is 14. The number of thiophene rings is 2. The van der Waals surface area contributed by atoms with Gasteiger partial charge in [0.25, 0.3) is 0 Å². The lowest BCUT2D eigenvalue weighted by Crippen LogP contribution is -2.13. The van der Waals surface area contributed by atoms with Gasteiger partial charge in [0.05, 0.1) is 36.3 Å². The molecule has 0 unspecified atom stereocenters. The van der Waals surface area contributed by atoms with E-state index in [1.807, 2.05) is 12.1 Å². The molecule has 0 saturated carbocycles. The van der Waals surface area contributed by atoms with E-state index in [9.17, 15) is 0 Å². The van der Waals surface area contributed by atoms with Crippen LogP contribution in [-0.4, -0.2) is 24.2 Å². The molecule has 0 amide bonds. The summed E-state index contributed by atoms with van der Waals surface area (Å²) in [4.78, 5) is 25.0. The molecule has 10 heteroatoms. The van der Waals surface area contributed by atoms with Crippen LogP contribution in [0.4, 0.5) is 68.2 Å². The Labute approximate surface area is 589 Å². The zero-order valence-electron chi connectivity index (χ0n) is 54.8. The van der Waals surface area contributed by atoms with Crippen LogP contribution in [0.5, 0.6) is 11.5 Å². The minimum absolute atomic E-state index is 0.591. The van der Waals surface area contributed by atoms with E-state index < -0.39 is 0 Å². The van der Waals surface area contributed by atoms with Crippen molar-refractivity contribution < 1.29 is 9.47 Å². The Morgan fingerprint density at radius 1 is 0.220 bits per heavy atom. The van der Waals surface area contributed by atoms with Crippen molar-refractivity contribution in [2.75, 3.05) is 33.8 Å². The number of fused-ring (bicyclic) bond motifs is 7. The predicted molar refractivity (Wildman–Crippen MR) is 421 cm³/mol. The fraction of sp³-hybridized carbons (Fsp3) is 0.0222. The predicted octanol–water partition coefficient (Wildman–Crippen LogP) is 25.8. The molecule has 0 aliphatic heterocycles. The third-order valence-electron chi connectivity index (χ3n) is 18.3. The number of nitrogens with zero attached hydrogens (tertiary/aromatic N) is 6. The molecule has 3 aromatic heterocycles. The highest BCUT2D eigenvalue weighted by atomic mass is 32.1. The first-order valence-corrected chi connectivity index (χ1v) is 35.0. The highest BCUT2D eigenvalue weighted by Gasteiger charge is 2.24. The van der Waals surface area contributed by atoms with E-state index in [0.717, 1.165) is 143 Å². The van der Waals surface area contributed by atoms with Crippen LogP contribution in [0.1, 0.15) is 0 Å². The van der Waals surface area contributed by atoms with Crippen LogP contribution in [0.25, 0.3) is 85.4 Å². The average molecular weight is 1330 g/mol. The number of hydrogen-bond donors (Lipinski definition) is 0. The summed E-state index contributed by atoms with van der Waals surface area (Å²) in [6.45, 7) is 0. The van der Waals surface area contributed by atoms with Crippen molar-refractivity contribution in [2.24, 2.45) is 0 Å². The molecule has 0 N–H and O–H groups in total. The van der Waals surface area contributed by atoms with Crippen LogP contribution in [0.3, 0.4) is 0 Å². The van der Waals surface area contributed by atoms with Gasteiger partial charge in [-0.15, -0.1) is 22.7 Å². The third kappa shape index (κ3) is 11.8. The lowest BCUT2D eigenvalue weighted by atomic mass is 9.95. The first-order chi connectivity index (χ1) is 49.5. The summed E-state index contributed by atoms with van der Waals surface area (Å²) in [5.74, 6) is 1.18. The lowest BCUT2D eigenvalue weighted by molar-refractivity contribution is 0.355. The van der Waals surface area contributed by atoms with Crippen LogP contribution >= 0.6 is 22.7 Å². The molecule has 100 heavy (non-hydrogen) atoms. The molecular weight excluding hydrogens is 1260 g/mol. The summed E-state index contributed by atoms with van der Waals surface area (Å²) in [5.41, 5.74) is 20.0. The van der Waals surface area contributed by atoms with E-state index in [2.05, 4.69) is 359 Å². The first-order valence-electron chi connectivity index (χ1n) is 33.3. The maximum absolute atomic E-state index is 5.88. The van der Waals surface area contributed by atoms with Crippen LogP contribution in [0.2, 0.25) is 0 Å². The van der Waals surface area contributed by atoms with Gasteiger partial charge in [0, 0.05) is 111 Å². The Bertz CT molecular complexity index is 5050. The SMILES string of the molecule is COc1cc2nc3c4cc(-c5ccc(-c6cc(N(c7ccccc7)c7ccccc7)cc(N(c7ccccc7)c7ccccc7)c6)s5)ccc4c4ccc(-c5ccc(-c6cc(N(c7ccccc7)c7ccccc7)cc(N(c7ccccc7)c7ccccc7)c6)s5)cc4c3nc2cc1OC. The maximum Gasteiger partial charge on any atom is 0.163 e. The second-order valence-electron chi connectivity index (χ2n) is 24.5. The largest absolute Gasteiger partial charge is 0.493 e. The van der Waals surface area contributed by atoms with Crippen molar-refractivity contribution in [3.8, 4) is 53.3 Å². The quantitative estimate of drug-likeness (QED) is 0.0622. The number of rotatable bonds is 18. The number of hydrogen-bond acceptors (Lipinski definition) is 10. The van der Waals surface area contributed by atoms with Crippen molar-refractivity contribution in [2.45, 2.75) is 0 Å². The van der Waals surface area contributed by atoms with Gasteiger partial charge >= 0.3 is 0 Å². The Morgan fingerprint density at radius 3 is 0.700 bits per heavy atom. The molecule has 3 heterocycles. The molecule has 0 aliphatic rings. The van der Waals surface area contributed by atoms with Gasteiger partial charge < -0.3 is 29.1 Å². The van der Waals surface area contributed by atoms with Crippen LogP contribution < -0.4 is 29.1 Å². The van der Waals surface area contributed by atoms with E-state index in [1.54, 1.807) is 36.9 Å². The summed E-state index contributed by atoms with van der Waals surface area (Å²) in [5, 5.41) is 4.19. The van der Waals surface area contributed by atoms with Gasteiger partial charge in [0.2, 0.25) is 0 Å².